The molecule has 1 heterocycles. The molecule has 2 atom stereocenters. The molecule has 0 saturated heterocycles. The van der Waals surface area contributed by atoms with Crippen molar-refractivity contribution in [3.05, 3.63) is 92.3 Å². The Morgan fingerprint density at radius 2 is 1.62 bits per heavy atom. The lowest BCUT2D eigenvalue weighted by atomic mass is 9.69. The lowest BCUT2D eigenvalue weighted by molar-refractivity contribution is 0.0696. The first-order valence-corrected chi connectivity index (χ1v) is 13.5. The fraction of sp³-hybridized carbons (Fsp3) is 0.382. The van der Waals surface area contributed by atoms with Gasteiger partial charge in [0.15, 0.2) is 0 Å². The van der Waals surface area contributed by atoms with Crippen molar-refractivity contribution >= 4 is 17.6 Å². The van der Waals surface area contributed by atoms with Gasteiger partial charge in [0.1, 0.15) is 11.5 Å². The van der Waals surface area contributed by atoms with Gasteiger partial charge in [-0.2, -0.15) is 0 Å². The van der Waals surface area contributed by atoms with Crippen molar-refractivity contribution in [3.63, 3.8) is 0 Å². The van der Waals surface area contributed by atoms with Crippen LogP contribution in [0.3, 0.4) is 0 Å². The van der Waals surface area contributed by atoms with Gasteiger partial charge in [0.05, 0.1) is 5.56 Å². The smallest absolute Gasteiger partial charge is 0.336 e. The monoisotopic (exact) mass is 492 g/mol. The molecule has 0 saturated carbocycles. The third kappa shape index (κ3) is 4.00. The molecule has 3 aromatic rings. The van der Waals surface area contributed by atoms with Gasteiger partial charge in [-0.1, -0.05) is 65.8 Å². The van der Waals surface area contributed by atoms with Crippen LogP contribution in [-0.4, -0.2) is 11.1 Å². The molecule has 2 unspecified atom stereocenters. The second-order valence-corrected chi connectivity index (χ2v) is 13.0. The average Bonchev–Trinajstić information content (AvgIpc) is 2.79. The molecule has 0 spiro atoms. The van der Waals surface area contributed by atoms with Crippen molar-refractivity contribution in [2.45, 2.75) is 72.6 Å². The summed E-state index contributed by atoms with van der Waals surface area (Å²) in [6, 6.07) is 16.4. The highest BCUT2D eigenvalue weighted by atomic mass is 16.5. The summed E-state index contributed by atoms with van der Waals surface area (Å²) in [6.45, 7) is 13.9. The Labute approximate surface area is 219 Å². The highest BCUT2D eigenvalue weighted by molar-refractivity contribution is 5.98. The summed E-state index contributed by atoms with van der Waals surface area (Å²) in [5, 5.41) is 12.3. The maximum Gasteiger partial charge on any atom is 0.336 e. The second-order valence-electron chi connectivity index (χ2n) is 13.0. The number of carbonyl (C=O) groups is 1. The molecule has 1 N–H and O–H groups in total. The molecule has 3 aromatic carbocycles. The summed E-state index contributed by atoms with van der Waals surface area (Å²) in [4.78, 5) is 12.4. The van der Waals surface area contributed by atoms with E-state index in [0.29, 0.717) is 17.4 Å². The Balaban J connectivity index is 1.71. The van der Waals surface area contributed by atoms with Crippen LogP contribution in [0.5, 0.6) is 11.5 Å². The molecule has 0 aromatic heterocycles. The zero-order valence-electron chi connectivity index (χ0n) is 22.7. The number of ether oxygens (including phenoxy) is 1. The second kappa shape index (κ2) is 8.08. The number of hydrogen-bond acceptors (Lipinski definition) is 2. The van der Waals surface area contributed by atoms with E-state index < -0.39 is 5.97 Å². The van der Waals surface area contributed by atoms with E-state index in [9.17, 15) is 9.90 Å². The lowest BCUT2D eigenvalue weighted by Crippen LogP contribution is -2.31. The molecular formula is C34H36O3. The maximum absolute atomic E-state index is 12.4. The zero-order chi connectivity index (χ0) is 26.3. The Morgan fingerprint density at radius 1 is 0.892 bits per heavy atom. The van der Waals surface area contributed by atoms with Crippen LogP contribution < -0.4 is 15.2 Å². The highest BCUT2D eigenvalue weighted by Crippen LogP contribution is 2.47. The quantitative estimate of drug-likeness (QED) is 0.324. The van der Waals surface area contributed by atoms with Gasteiger partial charge in [0, 0.05) is 16.4 Å². The highest BCUT2D eigenvalue weighted by Gasteiger charge is 2.34. The summed E-state index contributed by atoms with van der Waals surface area (Å²) in [5.74, 6) is 1.57. The predicted octanol–water partition coefficient (Wildman–Crippen LogP) is 7.13. The van der Waals surface area contributed by atoms with E-state index >= 15 is 0 Å². The van der Waals surface area contributed by atoms with Crippen molar-refractivity contribution in [1.29, 1.82) is 0 Å². The van der Waals surface area contributed by atoms with E-state index in [1.807, 2.05) is 12.1 Å². The summed E-state index contributed by atoms with van der Waals surface area (Å²) in [5.41, 5.74) is 7.41. The van der Waals surface area contributed by atoms with Crippen LogP contribution in [-0.2, 0) is 6.42 Å². The molecule has 0 amide bonds. The summed E-state index contributed by atoms with van der Waals surface area (Å²) in [7, 11) is 0. The fourth-order valence-electron chi connectivity index (χ4n) is 7.32. The number of aromatic carboxylic acids is 1. The molecule has 6 rings (SSSR count). The molecule has 3 aliphatic rings. The summed E-state index contributed by atoms with van der Waals surface area (Å²) >= 11 is 0. The van der Waals surface area contributed by atoms with Crippen molar-refractivity contribution in [3.8, 4) is 11.5 Å². The number of carboxylic acid groups (broad SMARTS) is 1. The summed E-state index contributed by atoms with van der Waals surface area (Å²) in [6.07, 6.45) is 5.59. The molecule has 0 radical (unpaired) electrons. The normalized spacial score (nSPS) is 22.5. The lowest BCUT2D eigenvalue weighted by Gasteiger charge is -2.37. The predicted molar refractivity (Wildman–Crippen MR) is 149 cm³/mol. The van der Waals surface area contributed by atoms with Gasteiger partial charge >= 0.3 is 5.97 Å². The van der Waals surface area contributed by atoms with Gasteiger partial charge in [-0.3, -0.25) is 0 Å². The third-order valence-electron chi connectivity index (χ3n) is 8.58. The number of carboxylic acids is 1. The molecule has 2 aliphatic carbocycles. The van der Waals surface area contributed by atoms with Crippen molar-refractivity contribution in [2.75, 3.05) is 0 Å². The van der Waals surface area contributed by atoms with Gasteiger partial charge in [-0.25, -0.2) is 4.79 Å². The van der Waals surface area contributed by atoms with Crippen molar-refractivity contribution in [1.82, 2.24) is 0 Å². The zero-order valence-corrected chi connectivity index (χ0v) is 22.7. The van der Waals surface area contributed by atoms with E-state index in [4.69, 9.17) is 4.74 Å². The molecule has 37 heavy (non-hydrogen) atoms. The van der Waals surface area contributed by atoms with Gasteiger partial charge in [0.2, 0.25) is 0 Å². The molecule has 1 aliphatic heterocycles. The van der Waals surface area contributed by atoms with Crippen LogP contribution in [0.25, 0.3) is 11.6 Å². The Bertz CT molecular complexity index is 1590. The van der Waals surface area contributed by atoms with E-state index in [2.05, 4.69) is 71.9 Å². The Hall–Kier alpha value is -3.33. The minimum atomic E-state index is -0.910. The van der Waals surface area contributed by atoms with Crippen LogP contribution >= 0.6 is 0 Å². The minimum absolute atomic E-state index is 0.122. The maximum atomic E-state index is 12.4. The molecule has 0 fully saturated rings. The Kier molecular flexibility index (Phi) is 5.25. The number of hydrogen-bond donors (Lipinski definition) is 1. The van der Waals surface area contributed by atoms with E-state index in [-0.39, 0.29) is 10.8 Å². The first-order valence-electron chi connectivity index (χ1n) is 13.5. The molecule has 3 nitrogen and oxygen atoms in total. The molecule has 3 heteroatoms. The van der Waals surface area contributed by atoms with Crippen LogP contribution in [0.15, 0.2) is 48.5 Å². The average molecular weight is 493 g/mol. The van der Waals surface area contributed by atoms with Crippen molar-refractivity contribution < 1.29 is 14.6 Å². The molecule has 0 bridgehead atoms. The molecule has 190 valence electrons. The van der Waals surface area contributed by atoms with E-state index in [0.717, 1.165) is 52.7 Å². The standard InChI is InChI=1S/C34H36O3/c1-19-15-33(3,4)17-21-11-29-27(13-25(19)21)31(23-9-7-8-10-24(23)32(35)36)28-14-26-20(2)16-34(5,6)18-22(26)12-30(28)37-29/h7-14,17,19-20H,15-16,18H2,1-6H3,(H,35,36). The number of rotatable bonds is 2. The fourth-order valence-corrected chi connectivity index (χ4v) is 7.32. The van der Waals surface area contributed by atoms with E-state index in [1.165, 1.54) is 21.9 Å². The molecular weight excluding hydrogens is 456 g/mol. The Morgan fingerprint density at radius 3 is 2.38 bits per heavy atom. The van der Waals surface area contributed by atoms with Crippen LogP contribution in [0.4, 0.5) is 0 Å². The van der Waals surface area contributed by atoms with Gasteiger partial charge < -0.3 is 9.84 Å². The van der Waals surface area contributed by atoms with Gasteiger partial charge in [-0.05, 0) is 99.7 Å². The largest absolute Gasteiger partial charge is 0.478 e. The number of benzene rings is 3. The topological polar surface area (TPSA) is 46.5 Å². The van der Waals surface area contributed by atoms with E-state index in [1.54, 1.807) is 12.1 Å². The third-order valence-corrected chi connectivity index (χ3v) is 8.58. The minimum Gasteiger partial charge on any atom is -0.478 e. The van der Waals surface area contributed by atoms with Crippen molar-refractivity contribution in [2.24, 2.45) is 10.8 Å². The summed E-state index contributed by atoms with van der Waals surface area (Å²) < 4.78 is 6.68. The van der Waals surface area contributed by atoms with Gasteiger partial charge in [-0.15, -0.1) is 0 Å². The first kappa shape index (κ1) is 24.0. The number of fused-ring (bicyclic) bond motifs is 4. The first-order chi connectivity index (χ1) is 17.4. The van der Waals surface area contributed by atoms with Crippen LogP contribution in [0, 0.1) is 10.8 Å². The van der Waals surface area contributed by atoms with Gasteiger partial charge in [0.25, 0.3) is 0 Å². The van der Waals surface area contributed by atoms with Crippen LogP contribution in [0.2, 0.25) is 0 Å². The van der Waals surface area contributed by atoms with Crippen LogP contribution in [0.1, 0.15) is 104 Å². The SMILES string of the molecule is CC1CC(C)(C)Cc2cc3c(cc21)C(c1ccccc1C(=O)O)=c1cc2c(cc1O3)=CC(C)(C)CC2C.